The number of benzene rings is 1. The number of halogens is 2. The standard InChI is InChI=1S/C12H15Cl2N3O3/c1-2-15-4-3-5-16-12(18)9-6-8(17(19)20)7-10(13)11(9)14/h6-7,15H,2-5H2,1H3,(H,16,18). The molecular weight excluding hydrogens is 305 g/mol. The number of amides is 1. The van der Waals surface area contributed by atoms with Crippen molar-refractivity contribution in [1.82, 2.24) is 10.6 Å². The number of carbonyl (C=O) groups excluding carboxylic acids is 1. The van der Waals surface area contributed by atoms with E-state index in [2.05, 4.69) is 10.6 Å². The fourth-order valence-corrected chi connectivity index (χ4v) is 1.94. The van der Waals surface area contributed by atoms with Crippen LogP contribution in [0.2, 0.25) is 10.0 Å². The Morgan fingerprint density at radius 1 is 1.35 bits per heavy atom. The first-order chi connectivity index (χ1) is 9.47. The van der Waals surface area contributed by atoms with Crippen LogP contribution in [0.5, 0.6) is 0 Å². The second-order valence-corrected chi connectivity index (χ2v) is 4.79. The lowest BCUT2D eigenvalue weighted by atomic mass is 10.2. The van der Waals surface area contributed by atoms with E-state index in [1.807, 2.05) is 6.92 Å². The van der Waals surface area contributed by atoms with Crippen LogP contribution in [0.25, 0.3) is 0 Å². The number of hydrogen-bond donors (Lipinski definition) is 2. The zero-order valence-electron chi connectivity index (χ0n) is 10.9. The van der Waals surface area contributed by atoms with Gasteiger partial charge in [0.05, 0.1) is 20.5 Å². The van der Waals surface area contributed by atoms with Crippen molar-refractivity contribution in [2.24, 2.45) is 0 Å². The fourth-order valence-electron chi connectivity index (χ4n) is 1.53. The predicted octanol–water partition coefficient (Wildman–Crippen LogP) is 2.63. The van der Waals surface area contributed by atoms with E-state index in [4.69, 9.17) is 23.2 Å². The molecule has 0 atom stereocenters. The molecule has 1 aromatic carbocycles. The molecule has 1 amide bonds. The molecule has 6 nitrogen and oxygen atoms in total. The van der Waals surface area contributed by atoms with Crippen LogP contribution in [-0.2, 0) is 0 Å². The summed E-state index contributed by atoms with van der Waals surface area (Å²) >= 11 is 11.7. The molecule has 0 heterocycles. The molecule has 0 aliphatic rings. The molecule has 0 aromatic heterocycles. The first kappa shape index (κ1) is 16.7. The monoisotopic (exact) mass is 319 g/mol. The van der Waals surface area contributed by atoms with Gasteiger partial charge in [-0.3, -0.25) is 14.9 Å². The van der Waals surface area contributed by atoms with Crippen molar-refractivity contribution in [2.45, 2.75) is 13.3 Å². The van der Waals surface area contributed by atoms with Crippen LogP contribution in [-0.4, -0.2) is 30.5 Å². The predicted molar refractivity (Wildman–Crippen MR) is 78.6 cm³/mol. The van der Waals surface area contributed by atoms with Gasteiger partial charge in [0.1, 0.15) is 0 Å². The minimum Gasteiger partial charge on any atom is -0.352 e. The highest BCUT2D eigenvalue weighted by atomic mass is 35.5. The van der Waals surface area contributed by atoms with E-state index in [0.29, 0.717) is 6.54 Å². The topological polar surface area (TPSA) is 84.3 Å². The van der Waals surface area contributed by atoms with Crippen LogP contribution in [0, 0.1) is 10.1 Å². The molecule has 8 heteroatoms. The van der Waals surface area contributed by atoms with Gasteiger partial charge in [0.15, 0.2) is 0 Å². The van der Waals surface area contributed by atoms with Gasteiger partial charge in [0.25, 0.3) is 11.6 Å². The van der Waals surface area contributed by atoms with E-state index in [1.54, 1.807) is 0 Å². The summed E-state index contributed by atoms with van der Waals surface area (Å²) in [7, 11) is 0. The van der Waals surface area contributed by atoms with Crippen molar-refractivity contribution >= 4 is 34.8 Å². The maximum Gasteiger partial charge on any atom is 0.271 e. The number of non-ortho nitro benzene ring substituents is 1. The fraction of sp³-hybridized carbons (Fsp3) is 0.417. The summed E-state index contributed by atoms with van der Waals surface area (Å²) < 4.78 is 0. The quantitative estimate of drug-likeness (QED) is 0.459. The molecule has 0 fully saturated rings. The Bertz CT molecular complexity index is 509. The molecule has 1 aromatic rings. The van der Waals surface area contributed by atoms with Crippen LogP contribution in [0.15, 0.2) is 12.1 Å². The van der Waals surface area contributed by atoms with Gasteiger partial charge in [-0.1, -0.05) is 30.1 Å². The third-order valence-electron chi connectivity index (χ3n) is 2.53. The lowest BCUT2D eigenvalue weighted by Crippen LogP contribution is -2.27. The van der Waals surface area contributed by atoms with Crippen LogP contribution < -0.4 is 10.6 Å². The van der Waals surface area contributed by atoms with Crippen molar-refractivity contribution in [2.75, 3.05) is 19.6 Å². The van der Waals surface area contributed by atoms with Gasteiger partial charge in [0.2, 0.25) is 0 Å². The van der Waals surface area contributed by atoms with E-state index in [-0.39, 0.29) is 21.3 Å². The number of hydrogen-bond acceptors (Lipinski definition) is 4. The number of carbonyl (C=O) groups is 1. The summed E-state index contributed by atoms with van der Waals surface area (Å²) in [5.41, 5.74) is -0.258. The van der Waals surface area contributed by atoms with Crippen LogP contribution in [0.1, 0.15) is 23.7 Å². The summed E-state index contributed by atoms with van der Waals surface area (Å²) in [4.78, 5) is 22.0. The molecule has 0 saturated carbocycles. The van der Waals surface area contributed by atoms with Gasteiger partial charge < -0.3 is 10.6 Å². The molecule has 0 radical (unpaired) electrons. The minimum absolute atomic E-state index is 0.00863. The van der Waals surface area contributed by atoms with Crippen molar-refractivity contribution in [3.8, 4) is 0 Å². The van der Waals surface area contributed by atoms with Gasteiger partial charge in [-0.15, -0.1) is 0 Å². The number of rotatable bonds is 7. The molecule has 1 rings (SSSR count). The first-order valence-corrected chi connectivity index (χ1v) is 6.85. The molecule has 0 aliphatic carbocycles. The average molecular weight is 320 g/mol. The molecule has 20 heavy (non-hydrogen) atoms. The number of nitrogens with one attached hydrogen (secondary N) is 2. The lowest BCUT2D eigenvalue weighted by molar-refractivity contribution is -0.384. The third-order valence-corrected chi connectivity index (χ3v) is 3.34. The van der Waals surface area contributed by atoms with Crippen molar-refractivity contribution in [3.63, 3.8) is 0 Å². The number of nitro groups is 1. The smallest absolute Gasteiger partial charge is 0.271 e. The summed E-state index contributed by atoms with van der Waals surface area (Å²) in [5, 5.41) is 16.5. The second-order valence-electron chi connectivity index (χ2n) is 4.01. The van der Waals surface area contributed by atoms with E-state index >= 15 is 0 Å². The zero-order chi connectivity index (χ0) is 15.1. The molecule has 0 bridgehead atoms. The Morgan fingerprint density at radius 3 is 2.65 bits per heavy atom. The normalized spacial score (nSPS) is 10.3. The molecule has 0 saturated heterocycles. The van der Waals surface area contributed by atoms with Crippen molar-refractivity contribution < 1.29 is 9.72 Å². The largest absolute Gasteiger partial charge is 0.352 e. The van der Waals surface area contributed by atoms with Gasteiger partial charge >= 0.3 is 0 Å². The van der Waals surface area contributed by atoms with Crippen LogP contribution in [0.3, 0.4) is 0 Å². The van der Waals surface area contributed by atoms with Gasteiger partial charge in [-0.25, -0.2) is 0 Å². The third kappa shape index (κ3) is 4.63. The van der Waals surface area contributed by atoms with E-state index in [0.717, 1.165) is 31.6 Å². The molecule has 0 unspecified atom stereocenters. The van der Waals surface area contributed by atoms with E-state index in [9.17, 15) is 14.9 Å². The molecule has 2 N–H and O–H groups in total. The van der Waals surface area contributed by atoms with E-state index < -0.39 is 10.8 Å². The molecule has 110 valence electrons. The van der Waals surface area contributed by atoms with Crippen molar-refractivity contribution in [1.29, 1.82) is 0 Å². The van der Waals surface area contributed by atoms with Crippen LogP contribution >= 0.6 is 23.2 Å². The van der Waals surface area contributed by atoms with Gasteiger partial charge in [-0.2, -0.15) is 0 Å². The highest BCUT2D eigenvalue weighted by Gasteiger charge is 2.19. The van der Waals surface area contributed by atoms with Gasteiger partial charge in [0, 0.05) is 18.7 Å². The van der Waals surface area contributed by atoms with E-state index in [1.165, 1.54) is 0 Å². The Balaban J connectivity index is 2.74. The van der Waals surface area contributed by atoms with Crippen LogP contribution in [0.4, 0.5) is 5.69 Å². The second kappa shape index (κ2) is 8.04. The molecular formula is C12H15Cl2N3O3. The Labute approximate surface area is 126 Å². The van der Waals surface area contributed by atoms with Gasteiger partial charge in [-0.05, 0) is 19.5 Å². The first-order valence-electron chi connectivity index (χ1n) is 6.09. The highest BCUT2D eigenvalue weighted by Crippen LogP contribution is 2.30. The van der Waals surface area contributed by atoms with Crippen molar-refractivity contribution in [3.05, 3.63) is 37.9 Å². The summed E-state index contributed by atoms with van der Waals surface area (Å²) in [5.74, 6) is -0.475. The molecule has 0 aliphatic heterocycles. The maximum atomic E-state index is 11.9. The summed E-state index contributed by atoms with van der Waals surface area (Å²) in [6, 6.07) is 2.24. The summed E-state index contributed by atoms with van der Waals surface area (Å²) in [6.07, 6.45) is 0.750. The average Bonchev–Trinajstić information content (AvgIpc) is 2.41. The number of nitrogens with zero attached hydrogens (tertiary/aromatic N) is 1. The lowest BCUT2D eigenvalue weighted by Gasteiger charge is -2.08. The Morgan fingerprint density at radius 2 is 2.05 bits per heavy atom. The molecule has 0 spiro atoms. The maximum absolute atomic E-state index is 11.9. The minimum atomic E-state index is -0.621. The number of nitro benzene ring substituents is 1. The summed E-state index contributed by atoms with van der Waals surface area (Å²) in [6.45, 7) is 4.08. The SMILES string of the molecule is CCNCCCNC(=O)c1cc([N+](=O)[O-])cc(Cl)c1Cl. The highest BCUT2D eigenvalue weighted by molar-refractivity contribution is 6.44. The zero-order valence-corrected chi connectivity index (χ0v) is 12.4. The Kier molecular flexibility index (Phi) is 6.70. The Hall–Kier alpha value is -1.37.